The van der Waals surface area contributed by atoms with E-state index in [2.05, 4.69) is 15.9 Å². The Balaban J connectivity index is 1.93. The van der Waals surface area contributed by atoms with Crippen LogP contribution in [0.5, 0.6) is 0 Å². The molecule has 0 spiro atoms. The molecule has 1 aromatic rings. The van der Waals surface area contributed by atoms with Crippen molar-refractivity contribution in [2.45, 2.75) is 45.3 Å². The van der Waals surface area contributed by atoms with E-state index in [0.29, 0.717) is 25.9 Å². The van der Waals surface area contributed by atoms with Gasteiger partial charge in [-0.2, -0.15) is 0 Å². The van der Waals surface area contributed by atoms with Gasteiger partial charge in [-0.05, 0) is 57.4 Å². The van der Waals surface area contributed by atoms with Gasteiger partial charge in [-0.25, -0.2) is 9.18 Å². The van der Waals surface area contributed by atoms with Gasteiger partial charge in [0.2, 0.25) is 0 Å². The predicted molar refractivity (Wildman–Crippen MR) is 89.7 cm³/mol. The molecule has 1 saturated heterocycles. The first-order valence-corrected chi connectivity index (χ1v) is 8.55. The highest BCUT2D eigenvalue weighted by atomic mass is 79.9. The van der Waals surface area contributed by atoms with Crippen molar-refractivity contribution in [3.05, 3.63) is 34.1 Å². The Bertz CT molecular complexity index is 573. The van der Waals surface area contributed by atoms with Crippen molar-refractivity contribution in [3.63, 3.8) is 0 Å². The molecule has 1 aromatic carbocycles. The number of likely N-dealkylation sites (tertiary alicyclic amines) is 1. The summed E-state index contributed by atoms with van der Waals surface area (Å²) >= 11 is 3.37. The van der Waals surface area contributed by atoms with Crippen LogP contribution in [0.2, 0.25) is 0 Å². The first kappa shape index (κ1) is 18.2. The Morgan fingerprint density at radius 1 is 1.52 bits per heavy atom. The van der Waals surface area contributed by atoms with Crippen molar-refractivity contribution in [3.8, 4) is 0 Å². The number of hydrogen-bond acceptors (Lipinski definition) is 3. The fourth-order valence-electron chi connectivity index (χ4n) is 2.69. The maximum Gasteiger partial charge on any atom is 0.410 e. The minimum atomic E-state index is -0.625. The smallest absolute Gasteiger partial charge is 0.410 e. The third kappa shape index (κ3) is 5.18. The molecule has 23 heavy (non-hydrogen) atoms. The number of hydrogen-bond donors (Lipinski definition) is 1. The lowest BCUT2D eigenvalue weighted by Crippen LogP contribution is -2.36. The molecule has 1 fully saturated rings. The molecule has 0 aliphatic carbocycles. The highest BCUT2D eigenvalue weighted by molar-refractivity contribution is 9.10. The normalized spacial score (nSPS) is 19.7. The summed E-state index contributed by atoms with van der Waals surface area (Å²) in [6.07, 6.45) is 0.0954. The van der Waals surface area contributed by atoms with Crippen LogP contribution in [0.1, 0.15) is 32.8 Å². The Labute approximate surface area is 144 Å². The van der Waals surface area contributed by atoms with E-state index in [0.717, 1.165) is 10.0 Å². The van der Waals surface area contributed by atoms with E-state index in [1.54, 1.807) is 11.0 Å². The van der Waals surface area contributed by atoms with E-state index in [4.69, 9.17) is 4.74 Å². The second-order valence-corrected chi connectivity index (χ2v) is 7.84. The summed E-state index contributed by atoms with van der Waals surface area (Å²) < 4.78 is 19.5. The molecule has 1 N–H and O–H groups in total. The molecule has 0 aromatic heterocycles. The van der Waals surface area contributed by atoms with Crippen molar-refractivity contribution in [1.29, 1.82) is 0 Å². The van der Waals surface area contributed by atoms with Crippen LogP contribution in [-0.4, -0.2) is 40.9 Å². The number of rotatable bonds is 3. The first-order valence-electron chi connectivity index (χ1n) is 7.75. The number of aliphatic hydroxyl groups excluding tert-OH is 1. The number of carbonyl (C=O) groups excluding carboxylic acids is 1. The second kappa shape index (κ2) is 7.18. The lowest BCUT2D eigenvalue weighted by molar-refractivity contribution is 0.0269. The third-order valence-corrected chi connectivity index (χ3v) is 4.63. The quantitative estimate of drug-likeness (QED) is 0.858. The van der Waals surface area contributed by atoms with E-state index in [9.17, 15) is 14.3 Å². The molecular formula is C17H23BrFNO3. The zero-order valence-electron chi connectivity index (χ0n) is 13.7. The molecule has 128 valence electrons. The summed E-state index contributed by atoms with van der Waals surface area (Å²) in [5, 5.41) is 10.4. The summed E-state index contributed by atoms with van der Waals surface area (Å²) in [5.74, 6) is -0.352. The summed E-state index contributed by atoms with van der Waals surface area (Å²) in [6, 6.07) is 4.44. The highest BCUT2D eigenvalue weighted by Crippen LogP contribution is 2.26. The molecule has 0 saturated carbocycles. The van der Waals surface area contributed by atoms with Gasteiger partial charge in [0.05, 0.1) is 6.10 Å². The van der Waals surface area contributed by atoms with E-state index in [-0.39, 0.29) is 17.8 Å². The standard InChI is InChI=1S/C17H23BrFNO3/c1-17(2,3)23-16(22)20-7-6-11(10-20)15(21)9-12-8-13(19)4-5-14(12)18/h4-5,8,11,15,21H,6-7,9-10H2,1-3H3. The van der Waals surface area contributed by atoms with Crippen molar-refractivity contribution >= 4 is 22.0 Å². The highest BCUT2D eigenvalue weighted by Gasteiger charge is 2.33. The molecule has 0 bridgehead atoms. The lowest BCUT2D eigenvalue weighted by atomic mass is 9.95. The van der Waals surface area contributed by atoms with Crippen LogP contribution in [-0.2, 0) is 11.2 Å². The summed E-state index contributed by atoms with van der Waals surface area (Å²) in [6.45, 7) is 6.52. The van der Waals surface area contributed by atoms with Crippen LogP contribution in [0.15, 0.2) is 22.7 Å². The monoisotopic (exact) mass is 387 g/mol. The Morgan fingerprint density at radius 2 is 2.22 bits per heavy atom. The minimum Gasteiger partial charge on any atom is -0.444 e. The molecule has 6 heteroatoms. The third-order valence-electron chi connectivity index (χ3n) is 3.86. The molecule has 1 heterocycles. The van der Waals surface area contributed by atoms with Gasteiger partial charge in [-0.3, -0.25) is 0 Å². The maximum absolute atomic E-state index is 13.3. The Hall–Kier alpha value is -1.14. The van der Waals surface area contributed by atoms with Crippen LogP contribution in [0, 0.1) is 11.7 Å². The van der Waals surface area contributed by atoms with Crippen molar-refractivity contribution in [2.24, 2.45) is 5.92 Å². The Kier molecular flexibility index (Phi) is 5.68. The van der Waals surface area contributed by atoms with E-state index >= 15 is 0 Å². The first-order chi connectivity index (χ1) is 10.7. The number of ether oxygens (including phenoxy) is 1. The van der Waals surface area contributed by atoms with Gasteiger partial charge in [0.25, 0.3) is 0 Å². The van der Waals surface area contributed by atoms with Crippen molar-refractivity contribution in [2.75, 3.05) is 13.1 Å². The molecule has 2 rings (SSSR count). The zero-order valence-corrected chi connectivity index (χ0v) is 15.3. The molecule has 4 nitrogen and oxygen atoms in total. The number of carbonyl (C=O) groups is 1. The average molecular weight is 388 g/mol. The lowest BCUT2D eigenvalue weighted by Gasteiger charge is -2.25. The van der Waals surface area contributed by atoms with Gasteiger partial charge in [-0.1, -0.05) is 15.9 Å². The summed E-state index contributed by atoms with van der Waals surface area (Å²) in [5.41, 5.74) is 0.202. The van der Waals surface area contributed by atoms with Crippen LogP contribution >= 0.6 is 15.9 Å². The fraction of sp³-hybridized carbons (Fsp3) is 0.588. The predicted octanol–water partition coefficient (Wildman–Crippen LogP) is 3.75. The fourth-order valence-corrected chi connectivity index (χ4v) is 3.09. The molecule has 1 aliphatic rings. The van der Waals surface area contributed by atoms with Gasteiger partial charge in [0, 0.05) is 23.5 Å². The van der Waals surface area contributed by atoms with Gasteiger partial charge < -0.3 is 14.7 Å². The number of halogens is 2. The van der Waals surface area contributed by atoms with Crippen molar-refractivity contribution in [1.82, 2.24) is 4.90 Å². The topological polar surface area (TPSA) is 49.8 Å². The van der Waals surface area contributed by atoms with Gasteiger partial charge in [0.15, 0.2) is 0 Å². The number of aliphatic hydroxyl groups is 1. The minimum absolute atomic E-state index is 0.0299. The van der Waals surface area contributed by atoms with Gasteiger partial charge in [-0.15, -0.1) is 0 Å². The largest absolute Gasteiger partial charge is 0.444 e. The van der Waals surface area contributed by atoms with Crippen LogP contribution < -0.4 is 0 Å². The van der Waals surface area contributed by atoms with Crippen LogP contribution in [0.25, 0.3) is 0 Å². The average Bonchev–Trinajstić information content (AvgIpc) is 2.91. The molecule has 1 amide bonds. The number of nitrogens with zero attached hydrogens (tertiary/aromatic N) is 1. The molecular weight excluding hydrogens is 365 g/mol. The summed E-state index contributed by atoms with van der Waals surface area (Å²) in [7, 11) is 0. The van der Waals surface area contributed by atoms with Crippen LogP contribution in [0.3, 0.4) is 0 Å². The zero-order chi connectivity index (χ0) is 17.2. The number of amides is 1. The van der Waals surface area contributed by atoms with E-state index in [1.165, 1.54) is 12.1 Å². The molecule has 1 aliphatic heterocycles. The van der Waals surface area contributed by atoms with Crippen molar-refractivity contribution < 1.29 is 19.0 Å². The summed E-state index contributed by atoms with van der Waals surface area (Å²) in [4.78, 5) is 13.7. The maximum atomic E-state index is 13.3. The van der Waals surface area contributed by atoms with Gasteiger partial charge >= 0.3 is 6.09 Å². The van der Waals surface area contributed by atoms with E-state index in [1.807, 2.05) is 20.8 Å². The molecule has 0 radical (unpaired) electrons. The molecule has 2 atom stereocenters. The SMILES string of the molecule is CC(C)(C)OC(=O)N1CCC(C(O)Cc2cc(F)ccc2Br)C1. The second-order valence-electron chi connectivity index (χ2n) is 6.98. The van der Waals surface area contributed by atoms with Crippen LogP contribution in [0.4, 0.5) is 9.18 Å². The van der Waals surface area contributed by atoms with E-state index < -0.39 is 11.7 Å². The number of benzene rings is 1. The van der Waals surface area contributed by atoms with Gasteiger partial charge in [0.1, 0.15) is 11.4 Å². The Morgan fingerprint density at radius 3 is 2.87 bits per heavy atom. The molecule has 2 unspecified atom stereocenters.